The molecule has 1 aliphatic carbocycles. The first kappa shape index (κ1) is 21.6. The number of amides is 1. The molecule has 152 valence electrons. The largest absolute Gasteiger partial charge is 0.311 e. The fourth-order valence-electron chi connectivity index (χ4n) is 3.47. The molecule has 0 bridgehead atoms. The zero-order valence-corrected chi connectivity index (χ0v) is 18.5. The second-order valence-corrected chi connectivity index (χ2v) is 9.89. The molecule has 2 heterocycles. The van der Waals surface area contributed by atoms with E-state index in [-0.39, 0.29) is 11.3 Å². The zero-order chi connectivity index (χ0) is 21.0. The molecule has 0 spiro atoms. The number of rotatable bonds is 5. The number of nitriles is 1. The van der Waals surface area contributed by atoms with Gasteiger partial charge in [-0.25, -0.2) is 9.97 Å². The van der Waals surface area contributed by atoms with Gasteiger partial charge in [0, 0.05) is 24.1 Å². The number of thioether (sulfide) groups is 1. The Kier molecular flexibility index (Phi) is 6.81. The summed E-state index contributed by atoms with van der Waals surface area (Å²) >= 11 is 7.25. The van der Waals surface area contributed by atoms with E-state index in [1.165, 1.54) is 23.5 Å². The van der Waals surface area contributed by atoms with Crippen LogP contribution in [0.5, 0.6) is 0 Å². The normalized spacial score (nSPS) is 16.0. The molecule has 0 radical (unpaired) electrons. The third-order valence-electron chi connectivity index (χ3n) is 5.26. The van der Waals surface area contributed by atoms with Gasteiger partial charge in [-0.2, -0.15) is 5.26 Å². The number of carbonyl (C=O) groups excluding carboxylic acids is 1. The Morgan fingerprint density at radius 1 is 1.41 bits per heavy atom. The van der Waals surface area contributed by atoms with Crippen molar-refractivity contribution in [2.75, 3.05) is 11.1 Å². The van der Waals surface area contributed by atoms with Crippen molar-refractivity contribution in [1.82, 2.24) is 9.97 Å². The lowest BCUT2D eigenvalue weighted by atomic mass is 9.71. The lowest BCUT2D eigenvalue weighted by molar-refractivity contribution is -0.115. The average Bonchev–Trinajstić information content (AvgIpc) is 2.68. The van der Waals surface area contributed by atoms with E-state index in [2.05, 4.69) is 37.1 Å². The van der Waals surface area contributed by atoms with Crippen LogP contribution in [-0.2, 0) is 17.6 Å². The molecule has 3 rings (SSSR count). The monoisotopic (exact) mass is 428 g/mol. The first-order valence-electron chi connectivity index (χ1n) is 9.73. The van der Waals surface area contributed by atoms with Gasteiger partial charge >= 0.3 is 0 Å². The minimum Gasteiger partial charge on any atom is -0.311 e. The van der Waals surface area contributed by atoms with E-state index in [9.17, 15) is 10.1 Å². The van der Waals surface area contributed by atoms with Crippen LogP contribution in [-0.4, -0.2) is 21.6 Å². The number of carbonyl (C=O) groups is 1. The third-order valence-corrected chi connectivity index (χ3v) is 6.48. The summed E-state index contributed by atoms with van der Waals surface area (Å²) in [5.41, 5.74) is 3.15. The molecule has 29 heavy (non-hydrogen) atoms. The van der Waals surface area contributed by atoms with Crippen LogP contribution >= 0.6 is 23.4 Å². The second kappa shape index (κ2) is 9.15. The van der Waals surface area contributed by atoms with Crippen LogP contribution in [0.2, 0.25) is 5.02 Å². The van der Waals surface area contributed by atoms with Crippen LogP contribution in [0, 0.1) is 22.7 Å². The number of nitrogens with zero attached hydrogens (tertiary/aromatic N) is 3. The molecule has 2 aromatic rings. The highest BCUT2D eigenvalue weighted by Crippen LogP contribution is 2.38. The van der Waals surface area contributed by atoms with Crippen LogP contribution in [0.3, 0.4) is 0 Å². The molecule has 1 amide bonds. The van der Waals surface area contributed by atoms with E-state index in [0.717, 1.165) is 30.0 Å². The number of hydrogen-bond donors (Lipinski definition) is 1. The standard InChI is InChI=1S/C22H25ClN4OS/c1-22(2,3)16-4-6-18-14(11-16)10-15(12-24)21(26-18)29-9-8-20(28)27-19-7-5-17(23)13-25-19/h5,7,10,13,16H,4,6,8-9,11H2,1-3H3,(H,25,27,28). The fraction of sp³-hybridized carbons (Fsp3) is 0.455. The Hall–Kier alpha value is -2.10. The van der Waals surface area contributed by atoms with Crippen molar-refractivity contribution in [3.05, 3.63) is 46.2 Å². The van der Waals surface area contributed by atoms with Crippen LogP contribution in [0.4, 0.5) is 5.82 Å². The number of nitrogens with one attached hydrogen (secondary N) is 1. The third kappa shape index (κ3) is 5.71. The first-order valence-corrected chi connectivity index (χ1v) is 11.1. The number of halogens is 1. The molecular formula is C22H25ClN4OS. The van der Waals surface area contributed by atoms with Crippen molar-refractivity contribution < 1.29 is 4.79 Å². The van der Waals surface area contributed by atoms with Crippen molar-refractivity contribution in [2.24, 2.45) is 11.3 Å². The molecule has 1 aliphatic rings. The topological polar surface area (TPSA) is 78.7 Å². The van der Waals surface area contributed by atoms with Gasteiger partial charge in [-0.15, -0.1) is 11.8 Å². The molecule has 0 aromatic carbocycles. The molecule has 0 fully saturated rings. The number of pyridine rings is 2. The fourth-order valence-corrected chi connectivity index (χ4v) is 4.50. The Bertz CT molecular complexity index is 932. The Morgan fingerprint density at radius 3 is 2.86 bits per heavy atom. The summed E-state index contributed by atoms with van der Waals surface area (Å²) in [6, 6.07) is 7.62. The van der Waals surface area contributed by atoms with Crippen LogP contribution in [0.1, 0.15) is 50.4 Å². The van der Waals surface area contributed by atoms with Gasteiger partial charge in [-0.3, -0.25) is 4.79 Å². The molecule has 0 saturated carbocycles. The Labute approximate surface area is 181 Å². The van der Waals surface area contributed by atoms with Crippen molar-refractivity contribution >= 4 is 35.1 Å². The highest BCUT2D eigenvalue weighted by Gasteiger charge is 2.30. The van der Waals surface area contributed by atoms with Crippen LogP contribution < -0.4 is 5.32 Å². The van der Waals surface area contributed by atoms with Gasteiger partial charge in [0.15, 0.2) is 0 Å². The maximum absolute atomic E-state index is 12.1. The summed E-state index contributed by atoms with van der Waals surface area (Å²) in [5.74, 6) is 1.50. The molecule has 1 N–H and O–H groups in total. The van der Waals surface area contributed by atoms with E-state index in [1.54, 1.807) is 12.1 Å². The lowest BCUT2D eigenvalue weighted by Crippen LogP contribution is -2.27. The van der Waals surface area contributed by atoms with Gasteiger partial charge < -0.3 is 5.32 Å². The predicted molar refractivity (Wildman–Crippen MR) is 117 cm³/mol. The highest BCUT2D eigenvalue weighted by molar-refractivity contribution is 7.99. The lowest BCUT2D eigenvalue weighted by Gasteiger charge is -2.34. The number of hydrogen-bond acceptors (Lipinski definition) is 5. The van der Waals surface area contributed by atoms with E-state index in [0.29, 0.717) is 34.5 Å². The van der Waals surface area contributed by atoms with Crippen molar-refractivity contribution in [3.8, 4) is 6.07 Å². The number of aromatic nitrogens is 2. The van der Waals surface area contributed by atoms with Crippen LogP contribution in [0.15, 0.2) is 29.4 Å². The number of fused-ring (bicyclic) bond motifs is 1. The molecule has 5 nitrogen and oxygen atoms in total. The van der Waals surface area contributed by atoms with Gasteiger partial charge in [0.2, 0.25) is 5.91 Å². The quantitative estimate of drug-likeness (QED) is 0.656. The average molecular weight is 429 g/mol. The highest BCUT2D eigenvalue weighted by atomic mass is 35.5. The minimum atomic E-state index is -0.128. The predicted octanol–water partition coefficient (Wildman–Crippen LogP) is 5.27. The van der Waals surface area contributed by atoms with Crippen molar-refractivity contribution in [1.29, 1.82) is 5.26 Å². The van der Waals surface area contributed by atoms with Crippen molar-refractivity contribution in [2.45, 2.75) is 51.5 Å². The van der Waals surface area contributed by atoms with Gasteiger partial charge in [0.1, 0.15) is 16.9 Å². The smallest absolute Gasteiger partial charge is 0.226 e. The molecule has 0 saturated heterocycles. The SMILES string of the molecule is CC(C)(C)C1CCc2nc(SCCC(=O)Nc3ccc(Cl)cn3)c(C#N)cc2C1. The number of aryl methyl sites for hydroxylation is 1. The molecule has 1 unspecified atom stereocenters. The maximum Gasteiger partial charge on any atom is 0.226 e. The summed E-state index contributed by atoms with van der Waals surface area (Å²) in [6.07, 6.45) is 4.84. The summed E-state index contributed by atoms with van der Waals surface area (Å²) < 4.78 is 0. The van der Waals surface area contributed by atoms with Gasteiger partial charge in [0.25, 0.3) is 0 Å². The molecular weight excluding hydrogens is 404 g/mol. The molecule has 2 aromatic heterocycles. The first-order chi connectivity index (χ1) is 13.8. The molecule has 0 aliphatic heterocycles. The minimum absolute atomic E-state index is 0.128. The van der Waals surface area contributed by atoms with E-state index >= 15 is 0 Å². The summed E-state index contributed by atoms with van der Waals surface area (Å²) in [6.45, 7) is 6.82. The van der Waals surface area contributed by atoms with Gasteiger partial charge in [0.05, 0.1) is 10.6 Å². The summed E-state index contributed by atoms with van der Waals surface area (Å²) in [7, 11) is 0. The Morgan fingerprint density at radius 2 is 2.21 bits per heavy atom. The van der Waals surface area contributed by atoms with Crippen molar-refractivity contribution in [3.63, 3.8) is 0 Å². The van der Waals surface area contributed by atoms with Gasteiger partial charge in [-0.1, -0.05) is 32.4 Å². The summed E-state index contributed by atoms with van der Waals surface area (Å²) in [5, 5.41) is 13.6. The van der Waals surface area contributed by atoms with Gasteiger partial charge in [-0.05, 0) is 54.4 Å². The van der Waals surface area contributed by atoms with Crippen LogP contribution in [0.25, 0.3) is 0 Å². The molecule has 1 atom stereocenters. The molecule has 7 heteroatoms. The van der Waals surface area contributed by atoms with E-state index in [1.807, 2.05) is 6.07 Å². The van der Waals surface area contributed by atoms with E-state index < -0.39 is 0 Å². The number of anilines is 1. The second-order valence-electron chi connectivity index (χ2n) is 8.37. The maximum atomic E-state index is 12.1. The Balaban J connectivity index is 1.60. The van der Waals surface area contributed by atoms with E-state index in [4.69, 9.17) is 16.6 Å². The summed E-state index contributed by atoms with van der Waals surface area (Å²) in [4.78, 5) is 21.0. The zero-order valence-electron chi connectivity index (χ0n) is 17.0.